The summed E-state index contributed by atoms with van der Waals surface area (Å²) in [6, 6.07) is 26.0. The number of hydrogen-bond donors (Lipinski definition) is 2. The number of aryl methyl sites for hydroxylation is 2. The summed E-state index contributed by atoms with van der Waals surface area (Å²) in [6.45, 7) is 12.6. The molecule has 5 aromatic rings. The second-order valence-corrected chi connectivity index (χ2v) is 17.1. The maximum Gasteiger partial charge on any atom is 0.303 e. The van der Waals surface area contributed by atoms with Crippen molar-refractivity contribution in [3.63, 3.8) is 0 Å². The standard InChI is InChI=1S/C29H38N2O4.C22H32N2O2/c1-34-20-21-35-19-18-31-22-27(26-4-2-3-5-28(26)31)25-13-16-30(17-14-25)15-12-24-8-6-23(7-9-24)10-11-29(32)33;1-2-3-6-14-24-17-20(19-8-4-5-9-21(19)24)18-11-15-23(16-12-18)13-7-10-22(25)26/h2-9,22,25H,10-21H2,1H3,(H,32,33);4-5,8-9,17-18H,2-3,6-7,10-16H2,1H3,(H,25,26). The Hall–Kier alpha value is -4.48. The Labute approximate surface area is 363 Å². The molecular weight excluding hydrogens is 765 g/mol. The van der Waals surface area contributed by atoms with Crippen LogP contribution in [-0.4, -0.2) is 107 Å². The number of carboxylic acid groups (broad SMARTS) is 2. The first kappa shape index (κ1) is 46.0. The first-order valence-corrected chi connectivity index (χ1v) is 23.0. The van der Waals surface area contributed by atoms with Gasteiger partial charge in [0.2, 0.25) is 0 Å². The second kappa shape index (κ2) is 24.2. The SMILES string of the molecule is CCCCCn1cc(C2CCN(CCCC(=O)O)CC2)c2ccccc21.COCCOCCn1cc(C2CCN(CCc3ccc(CCC(=O)O)cc3)CC2)c2ccccc21. The third-order valence-corrected chi connectivity index (χ3v) is 12.8. The van der Waals surface area contributed by atoms with Crippen molar-refractivity contribution in [2.75, 3.05) is 66.2 Å². The molecule has 7 rings (SSSR count). The highest BCUT2D eigenvalue weighted by atomic mass is 16.5. The number of benzene rings is 3. The third kappa shape index (κ3) is 13.8. The molecule has 0 atom stereocenters. The fourth-order valence-electron chi connectivity index (χ4n) is 9.31. The minimum Gasteiger partial charge on any atom is -0.481 e. The van der Waals surface area contributed by atoms with Gasteiger partial charge < -0.3 is 38.6 Å². The van der Waals surface area contributed by atoms with Crippen LogP contribution in [0.15, 0.2) is 85.2 Å². The molecule has 0 radical (unpaired) electrons. The van der Waals surface area contributed by atoms with E-state index >= 15 is 0 Å². The molecular formula is C51H70N4O6. The van der Waals surface area contributed by atoms with Gasteiger partial charge in [-0.1, -0.05) is 80.4 Å². The third-order valence-electron chi connectivity index (χ3n) is 12.8. The number of piperidine rings is 2. The number of carbonyl (C=O) groups is 2. The largest absolute Gasteiger partial charge is 0.481 e. The summed E-state index contributed by atoms with van der Waals surface area (Å²) >= 11 is 0. The number of aromatic nitrogens is 2. The second-order valence-electron chi connectivity index (χ2n) is 17.1. The fraction of sp³-hybridized carbons (Fsp3) is 0.529. The molecule has 2 aromatic heterocycles. The fourth-order valence-corrected chi connectivity index (χ4v) is 9.31. The molecule has 2 N–H and O–H groups in total. The number of fused-ring (bicyclic) bond motifs is 2. The lowest BCUT2D eigenvalue weighted by Crippen LogP contribution is -2.34. The average Bonchev–Trinajstić information content (AvgIpc) is 3.84. The van der Waals surface area contributed by atoms with Crippen molar-refractivity contribution >= 4 is 33.7 Å². The predicted molar refractivity (Wildman–Crippen MR) is 246 cm³/mol. The highest BCUT2D eigenvalue weighted by Gasteiger charge is 2.25. The monoisotopic (exact) mass is 835 g/mol. The maximum absolute atomic E-state index is 10.8. The number of rotatable bonds is 22. The van der Waals surface area contributed by atoms with E-state index in [9.17, 15) is 9.59 Å². The number of ether oxygens (including phenoxy) is 2. The van der Waals surface area contributed by atoms with Gasteiger partial charge in [0.25, 0.3) is 0 Å². The van der Waals surface area contributed by atoms with Crippen LogP contribution >= 0.6 is 0 Å². The van der Waals surface area contributed by atoms with Gasteiger partial charge in [0, 0.05) is 73.8 Å². The minimum absolute atomic E-state index is 0.190. The average molecular weight is 835 g/mol. The lowest BCUT2D eigenvalue weighted by Gasteiger charge is -2.32. The van der Waals surface area contributed by atoms with Crippen LogP contribution in [-0.2, 0) is 45.0 Å². The first-order valence-electron chi connectivity index (χ1n) is 23.0. The van der Waals surface area contributed by atoms with Crippen molar-refractivity contribution < 1.29 is 29.3 Å². The number of likely N-dealkylation sites (tertiary alicyclic amines) is 2. The van der Waals surface area contributed by atoms with Crippen LogP contribution in [0.4, 0.5) is 0 Å². The number of nitrogens with zero attached hydrogens (tertiary/aromatic N) is 4. The Kier molecular flexibility index (Phi) is 18.3. The smallest absolute Gasteiger partial charge is 0.303 e. The van der Waals surface area contributed by atoms with Crippen LogP contribution in [0, 0.1) is 0 Å². The topological polar surface area (TPSA) is 109 Å². The van der Waals surface area contributed by atoms with Crippen LogP contribution in [0.2, 0.25) is 0 Å². The van der Waals surface area contributed by atoms with Crippen molar-refractivity contribution in [3.8, 4) is 0 Å². The van der Waals surface area contributed by atoms with Crippen LogP contribution in [0.1, 0.15) is 105 Å². The molecule has 2 fully saturated rings. The van der Waals surface area contributed by atoms with E-state index in [1.54, 1.807) is 7.11 Å². The van der Waals surface area contributed by atoms with Crippen molar-refractivity contribution in [2.24, 2.45) is 0 Å². The molecule has 4 heterocycles. The van der Waals surface area contributed by atoms with Gasteiger partial charge in [-0.2, -0.15) is 0 Å². The highest BCUT2D eigenvalue weighted by Crippen LogP contribution is 2.36. The molecule has 330 valence electrons. The van der Waals surface area contributed by atoms with Gasteiger partial charge in [-0.05, 0) is 130 Å². The maximum atomic E-state index is 10.8. The lowest BCUT2D eigenvalue weighted by atomic mass is 9.89. The number of hydrogen-bond acceptors (Lipinski definition) is 6. The van der Waals surface area contributed by atoms with E-state index < -0.39 is 11.9 Å². The summed E-state index contributed by atoms with van der Waals surface area (Å²) in [4.78, 5) is 26.4. The molecule has 2 aliphatic heterocycles. The molecule has 61 heavy (non-hydrogen) atoms. The van der Waals surface area contributed by atoms with E-state index in [-0.39, 0.29) is 12.8 Å². The predicted octanol–water partition coefficient (Wildman–Crippen LogP) is 9.62. The minimum atomic E-state index is -0.742. The zero-order valence-corrected chi connectivity index (χ0v) is 36.8. The molecule has 0 aliphatic carbocycles. The van der Waals surface area contributed by atoms with Gasteiger partial charge in [-0.3, -0.25) is 9.59 Å². The Morgan fingerprint density at radius 3 is 1.66 bits per heavy atom. The van der Waals surface area contributed by atoms with Crippen LogP contribution in [0.5, 0.6) is 0 Å². The summed E-state index contributed by atoms with van der Waals surface area (Å²) in [6.07, 6.45) is 16.1. The van der Waals surface area contributed by atoms with Crippen molar-refractivity contribution in [1.82, 2.24) is 18.9 Å². The zero-order valence-electron chi connectivity index (χ0n) is 36.8. The Morgan fingerprint density at radius 2 is 1.11 bits per heavy atom. The molecule has 0 bridgehead atoms. The number of para-hydroxylation sites is 2. The Morgan fingerprint density at radius 1 is 0.590 bits per heavy atom. The Balaban J connectivity index is 0.000000213. The number of aliphatic carboxylic acids is 2. The van der Waals surface area contributed by atoms with E-state index in [2.05, 4.69) is 111 Å². The molecule has 10 nitrogen and oxygen atoms in total. The van der Waals surface area contributed by atoms with E-state index in [1.807, 2.05) is 0 Å². The van der Waals surface area contributed by atoms with E-state index in [1.165, 1.54) is 83.4 Å². The molecule has 0 spiro atoms. The number of methoxy groups -OCH3 is 1. The molecule has 0 unspecified atom stereocenters. The van der Waals surface area contributed by atoms with Crippen molar-refractivity contribution in [1.29, 1.82) is 0 Å². The first-order chi connectivity index (χ1) is 29.8. The molecule has 2 aliphatic rings. The summed E-state index contributed by atoms with van der Waals surface area (Å²) < 4.78 is 15.6. The van der Waals surface area contributed by atoms with Crippen molar-refractivity contribution in [3.05, 3.63) is 107 Å². The summed E-state index contributed by atoms with van der Waals surface area (Å²) in [5.74, 6) is -0.201. The van der Waals surface area contributed by atoms with Crippen LogP contribution in [0.25, 0.3) is 21.8 Å². The molecule has 2 saturated heterocycles. The van der Waals surface area contributed by atoms with E-state index in [0.29, 0.717) is 38.1 Å². The van der Waals surface area contributed by atoms with Gasteiger partial charge in [0.15, 0.2) is 0 Å². The molecule has 0 amide bonds. The summed E-state index contributed by atoms with van der Waals surface area (Å²) in [7, 11) is 1.70. The lowest BCUT2D eigenvalue weighted by molar-refractivity contribution is -0.138. The molecule has 10 heteroatoms. The summed E-state index contributed by atoms with van der Waals surface area (Å²) in [5.41, 5.74) is 8.09. The normalized spacial score (nSPS) is 15.6. The quantitative estimate of drug-likeness (QED) is 0.0664. The van der Waals surface area contributed by atoms with Crippen LogP contribution < -0.4 is 0 Å². The van der Waals surface area contributed by atoms with Gasteiger partial charge in [0.05, 0.1) is 19.8 Å². The van der Waals surface area contributed by atoms with Crippen LogP contribution in [0.3, 0.4) is 0 Å². The summed E-state index contributed by atoms with van der Waals surface area (Å²) in [5, 5.41) is 20.4. The molecule has 0 saturated carbocycles. The molecule has 3 aromatic carbocycles. The van der Waals surface area contributed by atoms with E-state index in [4.69, 9.17) is 19.7 Å². The number of unbranched alkanes of at least 4 members (excludes halogenated alkanes) is 2. The van der Waals surface area contributed by atoms with E-state index in [0.717, 1.165) is 70.8 Å². The number of carboxylic acids is 2. The van der Waals surface area contributed by atoms with Gasteiger partial charge in [0.1, 0.15) is 0 Å². The van der Waals surface area contributed by atoms with Gasteiger partial charge in [-0.25, -0.2) is 0 Å². The van der Waals surface area contributed by atoms with Crippen molar-refractivity contribution in [2.45, 2.75) is 109 Å². The van der Waals surface area contributed by atoms with Gasteiger partial charge >= 0.3 is 11.9 Å². The zero-order chi connectivity index (χ0) is 42.8. The Bertz CT molecular complexity index is 2070. The highest BCUT2D eigenvalue weighted by molar-refractivity contribution is 5.85. The van der Waals surface area contributed by atoms with Gasteiger partial charge in [-0.15, -0.1) is 0 Å².